The first kappa shape index (κ1) is 16.3. The second-order valence-corrected chi connectivity index (χ2v) is 4.36. The molecule has 108 valence electrons. The summed E-state index contributed by atoms with van der Waals surface area (Å²) >= 11 is 0. The smallest absolute Gasteiger partial charge is 0.119 e. The summed E-state index contributed by atoms with van der Waals surface area (Å²) in [6.07, 6.45) is 1.03. The maximum atomic E-state index is 5.26. The first-order valence-corrected chi connectivity index (χ1v) is 7.55. The molecule has 0 unspecified atom stereocenters. The van der Waals surface area contributed by atoms with Gasteiger partial charge in [0.2, 0.25) is 0 Å². The Morgan fingerprint density at radius 1 is 0.800 bits per heavy atom. The van der Waals surface area contributed by atoms with Gasteiger partial charge in [-0.1, -0.05) is 57.5 Å². The molecule has 1 nitrogen and oxygen atoms in total. The van der Waals surface area contributed by atoms with E-state index in [0.717, 1.165) is 12.2 Å². The Labute approximate surface area is 123 Å². The number of rotatable bonds is 1. The van der Waals surface area contributed by atoms with E-state index < -0.39 is 0 Å². The van der Waals surface area contributed by atoms with Gasteiger partial charge in [0.15, 0.2) is 0 Å². The molecule has 20 heavy (non-hydrogen) atoms. The number of fused-ring (bicyclic) bond motifs is 3. The first-order valence-electron chi connectivity index (χ1n) is 7.55. The van der Waals surface area contributed by atoms with Gasteiger partial charge >= 0.3 is 0 Å². The summed E-state index contributed by atoms with van der Waals surface area (Å²) in [6, 6.07) is 13.0. The zero-order chi connectivity index (χ0) is 15.1. The largest absolute Gasteiger partial charge is 0.497 e. The van der Waals surface area contributed by atoms with Crippen LogP contribution in [0.25, 0.3) is 11.1 Å². The van der Waals surface area contributed by atoms with Crippen LogP contribution in [0.4, 0.5) is 0 Å². The Morgan fingerprint density at radius 3 is 1.95 bits per heavy atom. The minimum atomic E-state index is 0.947. The lowest BCUT2D eigenvalue weighted by atomic mass is 10.0. The van der Waals surface area contributed by atoms with E-state index in [4.69, 9.17) is 4.74 Å². The van der Waals surface area contributed by atoms with Crippen molar-refractivity contribution in [3.05, 3.63) is 53.1 Å². The summed E-state index contributed by atoms with van der Waals surface area (Å²) in [4.78, 5) is 0. The Hall–Kier alpha value is -1.76. The van der Waals surface area contributed by atoms with Crippen LogP contribution in [-0.2, 0) is 6.42 Å². The second kappa shape index (κ2) is 7.74. The fraction of sp³-hybridized carbons (Fsp3) is 0.368. The Balaban J connectivity index is 0.000000461. The number of ether oxygens (including phenoxy) is 1. The van der Waals surface area contributed by atoms with Gasteiger partial charge < -0.3 is 4.74 Å². The SMILES string of the molecule is CC.CC.COc1ccc2c(c1)Cc1cc(C)ccc1-2. The molecule has 0 saturated heterocycles. The second-order valence-electron chi connectivity index (χ2n) is 4.36. The summed E-state index contributed by atoms with van der Waals surface area (Å²) < 4.78 is 5.26. The highest BCUT2D eigenvalue weighted by Gasteiger charge is 2.18. The third-order valence-corrected chi connectivity index (χ3v) is 3.24. The van der Waals surface area contributed by atoms with E-state index >= 15 is 0 Å². The van der Waals surface area contributed by atoms with Gasteiger partial charge in [0.25, 0.3) is 0 Å². The van der Waals surface area contributed by atoms with Crippen LogP contribution >= 0.6 is 0 Å². The molecule has 0 atom stereocenters. The minimum absolute atomic E-state index is 0.947. The van der Waals surface area contributed by atoms with E-state index in [2.05, 4.69) is 37.3 Å². The molecule has 2 aromatic rings. The highest BCUT2D eigenvalue weighted by molar-refractivity contribution is 5.77. The van der Waals surface area contributed by atoms with Gasteiger partial charge in [0, 0.05) is 0 Å². The van der Waals surface area contributed by atoms with Crippen molar-refractivity contribution in [2.75, 3.05) is 7.11 Å². The topological polar surface area (TPSA) is 9.23 Å². The fourth-order valence-electron chi connectivity index (χ4n) is 2.44. The zero-order valence-corrected chi connectivity index (χ0v) is 13.6. The molecule has 0 radical (unpaired) electrons. The van der Waals surface area contributed by atoms with Crippen molar-refractivity contribution in [3.8, 4) is 16.9 Å². The molecule has 1 aliphatic carbocycles. The fourth-order valence-corrected chi connectivity index (χ4v) is 2.44. The minimum Gasteiger partial charge on any atom is -0.497 e. The number of aryl methyl sites for hydroxylation is 1. The van der Waals surface area contributed by atoms with E-state index in [1.807, 2.05) is 33.8 Å². The third kappa shape index (κ3) is 3.22. The maximum absolute atomic E-state index is 5.26. The third-order valence-electron chi connectivity index (χ3n) is 3.24. The molecule has 0 amide bonds. The van der Waals surface area contributed by atoms with Crippen molar-refractivity contribution in [2.24, 2.45) is 0 Å². The molecule has 0 fully saturated rings. The molecule has 0 aromatic heterocycles. The molecule has 0 aliphatic heterocycles. The lowest BCUT2D eigenvalue weighted by Crippen LogP contribution is -1.85. The Morgan fingerprint density at radius 2 is 1.35 bits per heavy atom. The number of benzene rings is 2. The van der Waals surface area contributed by atoms with Gasteiger partial charge in [0.05, 0.1) is 7.11 Å². The molecule has 0 heterocycles. The van der Waals surface area contributed by atoms with Crippen molar-refractivity contribution in [3.63, 3.8) is 0 Å². The van der Waals surface area contributed by atoms with E-state index in [0.29, 0.717) is 0 Å². The predicted molar refractivity (Wildman–Crippen MR) is 88.7 cm³/mol. The van der Waals surface area contributed by atoms with Crippen molar-refractivity contribution in [2.45, 2.75) is 41.0 Å². The summed E-state index contributed by atoms with van der Waals surface area (Å²) in [5, 5.41) is 0. The van der Waals surface area contributed by atoms with E-state index in [-0.39, 0.29) is 0 Å². The summed E-state index contributed by atoms with van der Waals surface area (Å²) in [6.45, 7) is 10.1. The Bertz CT molecular complexity index is 556. The van der Waals surface area contributed by atoms with Crippen LogP contribution in [0, 0.1) is 6.92 Å². The maximum Gasteiger partial charge on any atom is 0.119 e. The quantitative estimate of drug-likeness (QED) is 0.557. The molecule has 2 aromatic carbocycles. The lowest BCUT2D eigenvalue weighted by molar-refractivity contribution is 0.414. The van der Waals surface area contributed by atoms with Crippen LogP contribution < -0.4 is 4.74 Å². The average Bonchev–Trinajstić information content (AvgIpc) is 2.87. The van der Waals surface area contributed by atoms with Crippen molar-refractivity contribution in [1.29, 1.82) is 0 Å². The van der Waals surface area contributed by atoms with E-state index in [9.17, 15) is 0 Å². The van der Waals surface area contributed by atoms with Gasteiger partial charge in [-0.2, -0.15) is 0 Å². The van der Waals surface area contributed by atoms with E-state index in [1.165, 1.54) is 27.8 Å². The summed E-state index contributed by atoms with van der Waals surface area (Å²) in [5.41, 5.74) is 6.88. The first-order chi connectivity index (χ1) is 9.78. The highest BCUT2D eigenvalue weighted by Crippen LogP contribution is 2.38. The van der Waals surface area contributed by atoms with Crippen molar-refractivity contribution >= 4 is 0 Å². The molecule has 1 aliphatic rings. The van der Waals surface area contributed by atoms with Crippen LogP contribution in [0.1, 0.15) is 44.4 Å². The van der Waals surface area contributed by atoms with Crippen LogP contribution in [0.5, 0.6) is 5.75 Å². The lowest BCUT2D eigenvalue weighted by Gasteiger charge is -2.03. The molecular weight excluding hydrogens is 244 g/mol. The highest BCUT2D eigenvalue weighted by atomic mass is 16.5. The van der Waals surface area contributed by atoms with Crippen molar-refractivity contribution in [1.82, 2.24) is 0 Å². The monoisotopic (exact) mass is 270 g/mol. The molecule has 1 heteroatoms. The predicted octanol–water partition coefficient (Wildman–Crippen LogP) is 5.63. The number of hydrogen-bond acceptors (Lipinski definition) is 1. The van der Waals surface area contributed by atoms with Gasteiger partial charge in [-0.3, -0.25) is 0 Å². The van der Waals surface area contributed by atoms with Gasteiger partial charge in [-0.15, -0.1) is 0 Å². The summed E-state index contributed by atoms with van der Waals surface area (Å²) in [5.74, 6) is 0.947. The van der Waals surface area contributed by atoms with Crippen LogP contribution in [0.2, 0.25) is 0 Å². The van der Waals surface area contributed by atoms with Crippen molar-refractivity contribution < 1.29 is 4.74 Å². The molecule has 0 bridgehead atoms. The number of hydrogen-bond donors (Lipinski definition) is 0. The average molecular weight is 270 g/mol. The van der Waals surface area contributed by atoms with Crippen LogP contribution in [0.3, 0.4) is 0 Å². The molecule has 0 spiro atoms. The molecule has 3 rings (SSSR count). The van der Waals surface area contributed by atoms with Gasteiger partial charge in [0.1, 0.15) is 5.75 Å². The Kier molecular flexibility index (Phi) is 6.30. The normalized spacial score (nSPS) is 10.3. The zero-order valence-electron chi connectivity index (χ0n) is 13.6. The number of methoxy groups -OCH3 is 1. The molecular formula is C19H26O. The van der Waals surface area contributed by atoms with Crippen LogP contribution in [0.15, 0.2) is 36.4 Å². The van der Waals surface area contributed by atoms with Gasteiger partial charge in [-0.05, 0) is 47.7 Å². The standard InChI is InChI=1S/C15H14O.2C2H6/c1-10-3-5-14-11(7-10)8-12-9-13(16-2)4-6-15(12)14;2*1-2/h3-7,9H,8H2,1-2H3;2*1-2H3. The van der Waals surface area contributed by atoms with Gasteiger partial charge in [-0.25, -0.2) is 0 Å². The molecule has 0 N–H and O–H groups in total. The summed E-state index contributed by atoms with van der Waals surface area (Å²) in [7, 11) is 1.72. The molecule has 0 saturated carbocycles. The van der Waals surface area contributed by atoms with Crippen LogP contribution in [-0.4, -0.2) is 7.11 Å². The van der Waals surface area contributed by atoms with E-state index in [1.54, 1.807) is 7.11 Å².